The van der Waals surface area contributed by atoms with Crippen LogP contribution >= 0.6 is 24.0 Å². The average Bonchev–Trinajstić information content (AvgIpc) is 2.40. The summed E-state index contributed by atoms with van der Waals surface area (Å²) in [5, 5.41) is 6.25. The molecule has 0 saturated carbocycles. The lowest BCUT2D eigenvalue weighted by molar-refractivity contribution is -0.127. The maximum Gasteiger partial charge on any atom is 0.243 e. The van der Waals surface area contributed by atoms with Gasteiger partial charge in [0.2, 0.25) is 5.91 Å². The molecule has 0 bridgehead atoms. The monoisotopic (exact) mass is 416 g/mol. The molecule has 0 aliphatic rings. The highest BCUT2D eigenvalue weighted by atomic mass is 127. The fraction of sp³-hybridized carbons (Fsp3) is 0.846. The number of halogens is 1. The van der Waals surface area contributed by atoms with Crippen LogP contribution in [0.2, 0.25) is 0 Å². The van der Waals surface area contributed by atoms with Crippen LogP contribution in [0.5, 0.6) is 0 Å². The van der Waals surface area contributed by atoms with Crippen molar-refractivity contribution in [1.82, 2.24) is 15.5 Å². The number of likely N-dealkylation sites (N-methyl/N-ethyl adjacent to an activating group) is 1. The van der Waals surface area contributed by atoms with Gasteiger partial charge < -0.3 is 25.0 Å². The lowest BCUT2D eigenvalue weighted by Crippen LogP contribution is -2.46. The second kappa shape index (κ2) is 12.0. The summed E-state index contributed by atoms with van der Waals surface area (Å²) >= 11 is 0. The Hall–Kier alpha value is -0.610. The van der Waals surface area contributed by atoms with Gasteiger partial charge in [-0.2, -0.15) is 0 Å². The molecule has 0 aliphatic heterocycles. The molecular formula is C13H29IN4O3. The highest BCUT2D eigenvalue weighted by molar-refractivity contribution is 14.0. The van der Waals surface area contributed by atoms with Gasteiger partial charge in [0, 0.05) is 41.4 Å². The van der Waals surface area contributed by atoms with E-state index in [1.807, 2.05) is 13.8 Å². The van der Waals surface area contributed by atoms with Crippen molar-refractivity contribution in [2.45, 2.75) is 19.4 Å². The highest BCUT2D eigenvalue weighted by Crippen LogP contribution is 2.04. The Morgan fingerprint density at radius 3 is 2.33 bits per heavy atom. The third-order valence-corrected chi connectivity index (χ3v) is 2.70. The predicted molar refractivity (Wildman–Crippen MR) is 95.4 cm³/mol. The summed E-state index contributed by atoms with van der Waals surface area (Å²) in [6.45, 7) is 5.80. The smallest absolute Gasteiger partial charge is 0.243 e. The second-order valence-corrected chi connectivity index (χ2v) is 5.19. The molecule has 0 heterocycles. The minimum Gasteiger partial charge on any atom is -0.383 e. The quantitative estimate of drug-likeness (QED) is 0.258. The van der Waals surface area contributed by atoms with E-state index in [1.54, 1.807) is 28.3 Å². The summed E-state index contributed by atoms with van der Waals surface area (Å²) in [6, 6.07) is 0. The Morgan fingerprint density at radius 1 is 1.24 bits per heavy atom. The minimum absolute atomic E-state index is 0. The van der Waals surface area contributed by atoms with Crippen molar-refractivity contribution < 1.29 is 14.3 Å². The van der Waals surface area contributed by atoms with Gasteiger partial charge in [0.1, 0.15) is 6.54 Å². The molecule has 7 nitrogen and oxygen atoms in total. The van der Waals surface area contributed by atoms with Crippen molar-refractivity contribution >= 4 is 35.8 Å². The van der Waals surface area contributed by atoms with Gasteiger partial charge in [-0.1, -0.05) is 0 Å². The standard InChI is InChI=1S/C13H28N4O3.HI/c1-13(2,20-6)10-16-12(14-7-8-19-5)15-9-11(18)17(3)4;/h7-10H2,1-6H3,(H2,14,15,16);1H. The van der Waals surface area contributed by atoms with E-state index in [-0.39, 0.29) is 42.0 Å². The maximum atomic E-state index is 11.5. The molecule has 1 amide bonds. The predicted octanol–water partition coefficient (Wildman–Crippen LogP) is 0.299. The molecule has 0 rings (SSSR count). The van der Waals surface area contributed by atoms with Crippen LogP contribution in [0, 0.1) is 0 Å². The van der Waals surface area contributed by atoms with E-state index in [0.29, 0.717) is 25.7 Å². The fourth-order valence-electron chi connectivity index (χ4n) is 1.10. The molecule has 0 spiro atoms. The van der Waals surface area contributed by atoms with E-state index >= 15 is 0 Å². The van der Waals surface area contributed by atoms with Crippen LogP contribution < -0.4 is 10.6 Å². The van der Waals surface area contributed by atoms with Crippen molar-refractivity contribution in [1.29, 1.82) is 0 Å². The number of hydrogen-bond donors (Lipinski definition) is 2. The van der Waals surface area contributed by atoms with Gasteiger partial charge in [-0.3, -0.25) is 4.79 Å². The van der Waals surface area contributed by atoms with Gasteiger partial charge in [-0.15, -0.1) is 24.0 Å². The zero-order valence-corrected chi connectivity index (χ0v) is 16.2. The van der Waals surface area contributed by atoms with Gasteiger partial charge in [0.05, 0.1) is 12.2 Å². The van der Waals surface area contributed by atoms with Crippen molar-refractivity contribution in [3.8, 4) is 0 Å². The summed E-state index contributed by atoms with van der Waals surface area (Å²) in [7, 11) is 6.70. The highest BCUT2D eigenvalue weighted by Gasteiger charge is 2.16. The number of nitrogens with one attached hydrogen (secondary N) is 2. The molecular weight excluding hydrogens is 387 g/mol. The number of ether oxygens (including phenoxy) is 2. The molecule has 21 heavy (non-hydrogen) atoms. The number of guanidine groups is 1. The molecule has 0 aliphatic carbocycles. The van der Waals surface area contributed by atoms with Gasteiger partial charge >= 0.3 is 0 Å². The summed E-state index contributed by atoms with van der Waals surface area (Å²) in [5.41, 5.74) is -0.310. The Kier molecular flexibility index (Phi) is 12.9. The van der Waals surface area contributed by atoms with Crippen LogP contribution in [0.15, 0.2) is 4.99 Å². The van der Waals surface area contributed by atoms with E-state index in [1.165, 1.54) is 4.90 Å². The molecule has 2 N–H and O–H groups in total. The molecule has 0 aromatic rings. The SMILES string of the molecule is COCCNC(=NCC(=O)N(C)C)NCC(C)(C)OC.I. The van der Waals surface area contributed by atoms with E-state index in [0.717, 1.165) is 0 Å². The molecule has 0 saturated heterocycles. The number of carbonyl (C=O) groups is 1. The minimum atomic E-state index is -0.310. The topological polar surface area (TPSA) is 75.2 Å². The zero-order valence-electron chi connectivity index (χ0n) is 13.9. The number of nitrogens with zero attached hydrogens (tertiary/aromatic N) is 2. The van der Waals surface area contributed by atoms with Crippen LogP contribution in [-0.2, 0) is 14.3 Å². The first-order valence-electron chi connectivity index (χ1n) is 6.59. The average molecular weight is 416 g/mol. The molecule has 126 valence electrons. The van der Waals surface area contributed by atoms with Gasteiger partial charge in [-0.25, -0.2) is 4.99 Å². The van der Waals surface area contributed by atoms with Crippen LogP contribution in [0.4, 0.5) is 0 Å². The largest absolute Gasteiger partial charge is 0.383 e. The third-order valence-electron chi connectivity index (χ3n) is 2.70. The molecule has 0 radical (unpaired) electrons. The number of aliphatic imine (C=N–C) groups is 1. The van der Waals surface area contributed by atoms with E-state index < -0.39 is 0 Å². The summed E-state index contributed by atoms with van der Waals surface area (Å²) < 4.78 is 10.3. The molecule has 0 atom stereocenters. The normalized spacial score (nSPS) is 11.6. The first kappa shape index (κ1) is 22.7. The first-order valence-corrected chi connectivity index (χ1v) is 6.59. The number of rotatable bonds is 8. The molecule has 0 unspecified atom stereocenters. The van der Waals surface area contributed by atoms with E-state index in [9.17, 15) is 4.79 Å². The molecule has 0 fully saturated rings. The number of hydrogen-bond acceptors (Lipinski definition) is 4. The van der Waals surface area contributed by atoms with Crippen molar-refractivity contribution in [3.05, 3.63) is 0 Å². The molecule has 0 aromatic heterocycles. The van der Waals surface area contributed by atoms with Gasteiger partial charge in [-0.05, 0) is 13.8 Å². The Balaban J connectivity index is 0. The first-order chi connectivity index (χ1) is 9.32. The molecule has 0 aromatic carbocycles. The van der Waals surface area contributed by atoms with Crippen molar-refractivity contribution in [2.75, 3.05) is 54.6 Å². The fourth-order valence-corrected chi connectivity index (χ4v) is 1.10. The summed E-state index contributed by atoms with van der Waals surface area (Å²) in [4.78, 5) is 17.3. The number of amides is 1. The maximum absolute atomic E-state index is 11.5. The lowest BCUT2D eigenvalue weighted by atomic mass is 10.1. The van der Waals surface area contributed by atoms with E-state index in [2.05, 4.69) is 15.6 Å². The summed E-state index contributed by atoms with van der Waals surface area (Å²) in [6.07, 6.45) is 0. The van der Waals surface area contributed by atoms with Crippen LogP contribution in [0.3, 0.4) is 0 Å². The van der Waals surface area contributed by atoms with Crippen molar-refractivity contribution in [2.24, 2.45) is 4.99 Å². The van der Waals surface area contributed by atoms with Gasteiger partial charge in [0.15, 0.2) is 5.96 Å². The van der Waals surface area contributed by atoms with Crippen LogP contribution in [0.25, 0.3) is 0 Å². The third kappa shape index (κ3) is 11.7. The number of carbonyl (C=O) groups excluding carboxylic acids is 1. The number of methoxy groups -OCH3 is 2. The van der Waals surface area contributed by atoms with Gasteiger partial charge in [0.25, 0.3) is 0 Å². The lowest BCUT2D eigenvalue weighted by Gasteiger charge is -2.24. The van der Waals surface area contributed by atoms with Crippen LogP contribution in [0.1, 0.15) is 13.8 Å². The Bertz CT molecular complexity index is 323. The summed E-state index contributed by atoms with van der Waals surface area (Å²) in [5.74, 6) is 0.520. The molecule has 8 heteroatoms. The second-order valence-electron chi connectivity index (χ2n) is 5.19. The Labute approximate surface area is 144 Å². The van der Waals surface area contributed by atoms with Crippen molar-refractivity contribution in [3.63, 3.8) is 0 Å². The van der Waals surface area contributed by atoms with E-state index in [4.69, 9.17) is 9.47 Å². The zero-order chi connectivity index (χ0) is 15.6. The van der Waals surface area contributed by atoms with Crippen LogP contribution in [-0.4, -0.2) is 76.9 Å². The Morgan fingerprint density at radius 2 is 1.86 bits per heavy atom.